The molecule has 3 aliphatic rings. The molecule has 0 aliphatic heterocycles. The fourth-order valence-electron chi connectivity index (χ4n) is 2.70. The lowest BCUT2D eigenvalue weighted by molar-refractivity contribution is 0.139. The summed E-state index contributed by atoms with van der Waals surface area (Å²) < 4.78 is 0.508. The van der Waals surface area contributed by atoms with Gasteiger partial charge in [-0.25, -0.2) is 0 Å². The summed E-state index contributed by atoms with van der Waals surface area (Å²) >= 11 is 3.85. The Morgan fingerprint density at radius 3 is 2.00 bits per heavy atom. The minimum Gasteiger partial charge on any atom is -0.0853 e. The number of rotatable bonds is 0. The second-order valence-electron chi connectivity index (χ2n) is 4.20. The Labute approximate surface area is 71.5 Å². The van der Waals surface area contributed by atoms with Crippen molar-refractivity contribution in [2.24, 2.45) is 11.8 Å². The molecule has 3 saturated carbocycles. The lowest BCUT2D eigenvalue weighted by Crippen LogP contribution is -2.40. The summed E-state index contributed by atoms with van der Waals surface area (Å²) in [6.45, 7) is 2.38. The van der Waals surface area contributed by atoms with Gasteiger partial charge in [-0.2, -0.15) is 0 Å². The van der Waals surface area contributed by atoms with Gasteiger partial charge in [-0.1, -0.05) is 28.8 Å². The van der Waals surface area contributed by atoms with Gasteiger partial charge in [-0.05, 0) is 38.0 Å². The number of alkyl halides is 1. The molecule has 3 rings (SSSR count). The Hall–Kier alpha value is 0.480. The van der Waals surface area contributed by atoms with Crippen molar-refractivity contribution in [1.82, 2.24) is 0 Å². The highest BCUT2D eigenvalue weighted by Gasteiger charge is 2.42. The van der Waals surface area contributed by atoms with Crippen LogP contribution in [0.15, 0.2) is 0 Å². The molecule has 1 atom stereocenters. The molecule has 0 amide bonds. The van der Waals surface area contributed by atoms with Crippen molar-refractivity contribution in [1.29, 1.82) is 0 Å². The van der Waals surface area contributed by atoms with Gasteiger partial charge in [0.15, 0.2) is 0 Å². The van der Waals surface area contributed by atoms with E-state index in [1.807, 2.05) is 0 Å². The molecule has 0 N–H and O–H groups in total. The van der Waals surface area contributed by atoms with Gasteiger partial charge in [0.1, 0.15) is 0 Å². The van der Waals surface area contributed by atoms with E-state index in [0.29, 0.717) is 4.32 Å². The monoisotopic (exact) mass is 202 g/mol. The van der Waals surface area contributed by atoms with E-state index < -0.39 is 0 Å². The van der Waals surface area contributed by atoms with E-state index in [-0.39, 0.29) is 0 Å². The van der Waals surface area contributed by atoms with Crippen molar-refractivity contribution in [2.75, 3.05) is 0 Å². The molecule has 3 fully saturated rings. The Morgan fingerprint density at radius 1 is 1.20 bits per heavy atom. The molecule has 2 bridgehead atoms. The van der Waals surface area contributed by atoms with Gasteiger partial charge >= 0.3 is 0 Å². The Bertz CT molecular complexity index is 132. The highest BCUT2D eigenvalue weighted by molar-refractivity contribution is 9.10. The lowest BCUT2D eigenvalue weighted by Gasteiger charge is -2.46. The van der Waals surface area contributed by atoms with Gasteiger partial charge < -0.3 is 0 Å². The highest BCUT2D eigenvalue weighted by atomic mass is 79.9. The maximum absolute atomic E-state index is 3.85. The van der Waals surface area contributed by atoms with Crippen LogP contribution < -0.4 is 0 Å². The topological polar surface area (TPSA) is 0 Å². The van der Waals surface area contributed by atoms with Crippen LogP contribution in [-0.4, -0.2) is 4.32 Å². The van der Waals surface area contributed by atoms with Crippen LogP contribution in [0.25, 0.3) is 0 Å². The first-order valence-corrected chi connectivity index (χ1v) is 5.17. The molecule has 0 saturated heterocycles. The van der Waals surface area contributed by atoms with Crippen LogP contribution in [0, 0.1) is 11.8 Å². The van der Waals surface area contributed by atoms with Gasteiger partial charge in [0, 0.05) is 4.32 Å². The molecule has 0 aromatic carbocycles. The average Bonchev–Trinajstić information content (AvgIpc) is 1.87. The van der Waals surface area contributed by atoms with Gasteiger partial charge in [0.25, 0.3) is 0 Å². The van der Waals surface area contributed by atoms with Gasteiger partial charge in [0.2, 0.25) is 0 Å². The first kappa shape index (κ1) is 7.15. The van der Waals surface area contributed by atoms with E-state index in [0.717, 1.165) is 11.8 Å². The third-order valence-electron chi connectivity index (χ3n) is 3.39. The average molecular weight is 203 g/mol. The predicted octanol–water partition coefficient (Wildman–Crippen LogP) is 3.35. The molecule has 0 spiro atoms. The molecule has 0 heterocycles. The molecule has 1 heteroatoms. The Morgan fingerprint density at radius 2 is 1.80 bits per heavy atom. The minimum atomic E-state index is 0.508. The summed E-state index contributed by atoms with van der Waals surface area (Å²) in [5, 5.41) is 0. The fourth-order valence-corrected chi connectivity index (χ4v) is 3.62. The van der Waals surface area contributed by atoms with Crippen LogP contribution in [0.4, 0.5) is 0 Å². The summed E-state index contributed by atoms with van der Waals surface area (Å²) in [4.78, 5) is 0. The van der Waals surface area contributed by atoms with Crippen molar-refractivity contribution in [3.8, 4) is 0 Å². The van der Waals surface area contributed by atoms with E-state index >= 15 is 0 Å². The zero-order valence-corrected chi connectivity index (χ0v) is 8.15. The van der Waals surface area contributed by atoms with Crippen molar-refractivity contribution >= 4 is 15.9 Å². The van der Waals surface area contributed by atoms with E-state index in [4.69, 9.17) is 0 Å². The second kappa shape index (κ2) is 2.23. The highest BCUT2D eigenvalue weighted by Crippen LogP contribution is 2.51. The molecular weight excluding hydrogens is 188 g/mol. The van der Waals surface area contributed by atoms with Crippen LogP contribution in [-0.2, 0) is 0 Å². The van der Waals surface area contributed by atoms with Crippen LogP contribution in [0.5, 0.6) is 0 Å². The van der Waals surface area contributed by atoms with E-state index in [1.54, 1.807) is 0 Å². The minimum absolute atomic E-state index is 0.508. The fraction of sp³-hybridized carbons (Fsp3) is 1.00. The SMILES string of the molecule is CC1(Br)CC2CCC1CC2. The first-order chi connectivity index (χ1) is 4.68. The maximum Gasteiger partial charge on any atom is 0.0260 e. The number of hydrogen-bond acceptors (Lipinski definition) is 0. The maximum atomic E-state index is 3.85. The summed E-state index contributed by atoms with van der Waals surface area (Å²) in [5.74, 6) is 2.03. The number of halogens is 1. The largest absolute Gasteiger partial charge is 0.0853 e. The van der Waals surface area contributed by atoms with Crippen LogP contribution >= 0.6 is 15.9 Å². The summed E-state index contributed by atoms with van der Waals surface area (Å²) in [6.07, 6.45) is 7.40. The molecular formula is C9H15Br. The summed E-state index contributed by atoms with van der Waals surface area (Å²) in [5.41, 5.74) is 0. The normalized spacial score (nSPS) is 53.4. The van der Waals surface area contributed by atoms with Gasteiger partial charge in [-0.3, -0.25) is 0 Å². The molecule has 0 nitrogen and oxygen atoms in total. The number of fused-ring (bicyclic) bond motifs is 3. The smallest absolute Gasteiger partial charge is 0.0260 e. The van der Waals surface area contributed by atoms with E-state index in [2.05, 4.69) is 22.9 Å². The third-order valence-corrected chi connectivity index (χ3v) is 4.36. The Kier molecular flexibility index (Phi) is 1.59. The molecule has 0 radical (unpaired) electrons. The van der Waals surface area contributed by atoms with E-state index in [9.17, 15) is 0 Å². The molecule has 0 aromatic heterocycles. The third kappa shape index (κ3) is 1.03. The predicted molar refractivity (Wildman–Crippen MR) is 47.4 cm³/mol. The van der Waals surface area contributed by atoms with Crippen molar-refractivity contribution in [3.05, 3.63) is 0 Å². The molecule has 10 heavy (non-hydrogen) atoms. The zero-order chi connectivity index (χ0) is 7.19. The van der Waals surface area contributed by atoms with Gasteiger partial charge in [0.05, 0.1) is 0 Å². The molecule has 1 unspecified atom stereocenters. The lowest BCUT2D eigenvalue weighted by atomic mass is 9.65. The number of hydrogen-bond donors (Lipinski definition) is 0. The van der Waals surface area contributed by atoms with Crippen LogP contribution in [0.1, 0.15) is 39.0 Å². The quantitative estimate of drug-likeness (QED) is 0.529. The van der Waals surface area contributed by atoms with Crippen LogP contribution in [0.2, 0.25) is 0 Å². The van der Waals surface area contributed by atoms with Crippen LogP contribution in [0.3, 0.4) is 0 Å². The Balaban J connectivity index is 2.15. The molecule has 58 valence electrons. The van der Waals surface area contributed by atoms with Crippen molar-refractivity contribution in [2.45, 2.75) is 43.4 Å². The molecule has 0 aromatic rings. The van der Waals surface area contributed by atoms with E-state index in [1.165, 1.54) is 32.1 Å². The first-order valence-electron chi connectivity index (χ1n) is 4.37. The summed E-state index contributed by atoms with van der Waals surface area (Å²) in [6, 6.07) is 0. The van der Waals surface area contributed by atoms with Crippen molar-refractivity contribution < 1.29 is 0 Å². The standard InChI is InChI=1S/C9H15Br/c1-9(10)6-7-2-4-8(9)5-3-7/h7-8H,2-6H2,1H3. The molecule has 3 aliphatic carbocycles. The summed E-state index contributed by atoms with van der Waals surface area (Å²) in [7, 11) is 0. The van der Waals surface area contributed by atoms with Gasteiger partial charge in [-0.15, -0.1) is 0 Å². The zero-order valence-electron chi connectivity index (χ0n) is 6.57. The second-order valence-corrected chi connectivity index (χ2v) is 6.01. The van der Waals surface area contributed by atoms with Crippen molar-refractivity contribution in [3.63, 3.8) is 0 Å².